The van der Waals surface area contributed by atoms with E-state index >= 15 is 0 Å². The number of carbonyl (C=O) groups excluding carboxylic acids is 1. The summed E-state index contributed by atoms with van der Waals surface area (Å²) >= 11 is 3.19. The molecule has 0 aliphatic heterocycles. The molecule has 0 aliphatic rings. The monoisotopic (exact) mass is 404 g/mol. The van der Waals surface area contributed by atoms with Crippen LogP contribution in [-0.2, 0) is 17.8 Å². The van der Waals surface area contributed by atoms with Gasteiger partial charge in [-0.05, 0) is 36.2 Å². The number of ether oxygens (including phenoxy) is 1. The van der Waals surface area contributed by atoms with Crippen LogP contribution in [0.1, 0.15) is 28.4 Å². The van der Waals surface area contributed by atoms with E-state index in [0.29, 0.717) is 21.0 Å². The number of hydrogen-bond acceptors (Lipinski definition) is 4. The van der Waals surface area contributed by atoms with Crippen LogP contribution in [0.5, 0.6) is 0 Å². The molecule has 0 unspecified atom stereocenters. The molecule has 6 heteroatoms. The van der Waals surface area contributed by atoms with Gasteiger partial charge in [0.15, 0.2) is 0 Å². The molecule has 0 bridgehead atoms. The standard InChI is InChI=1S/C19H14BrFO4/c1-2-11-3-5-14-12(8-18(22)25-17(14)7-11)10-24-19(23)15-9-13(20)4-6-16(15)21/h3-9H,2,10H2,1H3. The van der Waals surface area contributed by atoms with Gasteiger partial charge in [0.05, 0.1) is 5.56 Å². The topological polar surface area (TPSA) is 56.5 Å². The number of rotatable bonds is 4. The summed E-state index contributed by atoms with van der Waals surface area (Å²) in [5.41, 5.74) is 1.28. The molecular weight excluding hydrogens is 391 g/mol. The average molecular weight is 405 g/mol. The van der Waals surface area contributed by atoms with E-state index in [1.807, 2.05) is 19.1 Å². The van der Waals surface area contributed by atoms with Crippen LogP contribution >= 0.6 is 15.9 Å². The summed E-state index contributed by atoms with van der Waals surface area (Å²) < 4.78 is 24.7. The zero-order valence-corrected chi connectivity index (χ0v) is 14.9. The lowest BCUT2D eigenvalue weighted by Gasteiger charge is -2.09. The van der Waals surface area contributed by atoms with Gasteiger partial charge >= 0.3 is 11.6 Å². The van der Waals surface area contributed by atoms with E-state index < -0.39 is 17.4 Å². The Morgan fingerprint density at radius 2 is 2.00 bits per heavy atom. The molecule has 0 atom stereocenters. The Balaban J connectivity index is 1.89. The first-order valence-electron chi connectivity index (χ1n) is 7.65. The second-order valence-corrected chi connectivity index (χ2v) is 6.39. The highest BCUT2D eigenvalue weighted by Crippen LogP contribution is 2.21. The van der Waals surface area contributed by atoms with Crippen molar-refractivity contribution in [3.05, 3.63) is 79.9 Å². The molecule has 0 saturated heterocycles. The largest absolute Gasteiger partial charge is 0.457 e. The lowest BCUT2D eigenvalue weighted by atomic mass is 10.1. The Hall–Kier alpha value is -2.47. The lowest BCUT2D eigenvalue weighted by molar-refractivity contribution is 0.0468. The first-order valence-corrected chi connectivity index (χ1v) is 8.45. The minimum Gasteiger partial charge on any atom is -0.457 e. The van der Waals surface area contributed by atoms with Crippen LogP contribution in [0.25, 0.3) is 11.0 Å². The van der Waals surface area contributed by atoms with Crippen molar-refractivity contribution in [2.75, 3.05) is 0 Å². The smallest absolute Gasteiger partial charge is 0.341 e. The SMILES string of the molecule is CCc1ccc2c(COC(=O)c3cc(Br)ccc3F)cc(=O)oc2c1. The molecule has 3 aromatic rings. The molecule has 25 heavy (non-hydrogen) atoms. The third-order valence-corrected chi connectivity index (χ3v) is 4.30. The van der Waals surface area contributed by atoms with Crippen molar-refractivity contribution < 1.29 is 18.3 Å². The summed E-state index contributed by atoms with van der Waals surface area (Å²) in [6, 6.07) is 10.8. The highest BCUT2D eigenvalue weighted by Gasteiger charge is 2.15. The first kappa shape index (κ1) is 17.4. The van der Waals surface area contributed by atoms with Crippen molar-refractivity contribution in [2.24, 2.45) is 0 Å². The number of esters is 1. The third kappa shape index (κ3) is 3.79. The molecule has 0 fully saturated rings. The molecule has 1 heterocycles. The molecule has 1 aromatic heterocycles. The number of benzene rings is 2. The summed E-state index contributed by atoms with van der Waals surface area (Å²) in [5.74, 6) is -1.47. The maximum absolute atomic E-state index is 13.8. The Morgan fingerprint density at radius 3 is 2.76 bits per heavy atom. The van der Waals surface area contributed by atoms with E-state index in [2.05, 4.69) is 15.9 Å². The molecule has 0 aliphatic carbocycles. The van der Waals surface area contributed by atoms with E-state index in [4.69, 9.17) is 9.15 Å². The Bertz CT molecular complexity index is 1010. The van der Waals surface area contributed by atoms with Crippen LogP contribution in [0.15, 0.2) is 56.1 Å². The van der Waals surface area contributed by atoms with E-state index in [9.17, 15) is 14.0 Å². The van der Waals surface area contributed by atoms with E-state index in [1.54, 1.807) is 6.07 Å². The molecule has 0 spiro atoms. The maximum Gasteiger partial charge on any atom is 0.341 e. The zero-order chi connectivity index (χ0) is 18.0. The van der Waals surface area contributed by atoms with E-state index in [0.717, 1.165) is 12.0 Å². The summed E-state index contributed by atoms with van der Waals surface area (Å²) in [5, 5.41) is 0.680. The number of hydrogen-bond donors (Lipinski definition) is 0. The first-order chi connectivity index (χ1) is 12.0. The fraction of sp³-hybridized carbons (Fsp3) is 0.158. The second-order valence-electron chi connectivity index (χ2n) is 5.48. The number of carbonyl (C=O) groups is 1. The molecule has 0 saturated carbocycles. The van der Waals surface area contributed by atoms with Crippen LogP contribution in [-0.4, -0.2) is 5.97 Å². The van der Waals surface area contributed by atoms with Gasteiger partial charge in [0.2, 0.25) is 0 Å². The van der Waals surface area contributed by atoms with Gasteiger partial charge in [-0.3, -0.25) is 0 Å². The van der Waals surface area contributed by atoms with Crippen molar-refractivity contribution >= 4 is 32.9 Å². The quantitative estimate of drug-likeness (QED) is 0.470. The molecule has 0 N–H and O–H groups in total. The highest BCUT2D eigenvalue weighted by atomic mass is 79.9. The Labute approximate surface area is 151 Å². The second kappa shape index (κ2) is 7.19. The average Bonchev–Trinajstić information content (AvgIpc) is 2.60. The van der Waals surface area contributed by atoms with E-state index in [1.165, 1.54) is 24.3 Å². The van der Waals surface area contributed by atoms with Gasteiger partial charge in [0.1, 0.15) is 18.0 Å². The maximum atomic E-state index is 13.8. The van der Waals surface area contributed by atoms with Crippen LogP contribution in [0, 0.1) is 5.82 Å². The Kier molecular flexibility index (Phi) is 4.99. The fourth-order valence-corrected chi connectivity index (χ4v) is 2.85. The van der Waals surface area contributed by atoms with Gasteiger partial charge in [-0.2, -0.15) is 0 Å². The molecule has 128 valence electrons. The molecule has 4 nitrogen and oxygen atoms in total. The summed E-state index contributed by atoms with van der Waals surface area (Å²) in [7, 11) is 0. The van der Waals surface area contributed by atoms with Crippen molar-refractivity contribution in [2.45, 2.75) is 20.0 Å². The molecule has 0 amide bonds. The molecule has 3 rings (SSSR count). The summed E-state index contributed by atoms with van der Waals surface area (Å²) in [6.45, 7) is 1.84. The highest BCUT2D eigenvalue weighted by molar-refractivity contribution is 9.10. The van der Waals surface area contributed by atoms with Crippen LogP contribution in [0.4, 0.5) is 4.39 Å². The fourth-order valence-electron chi connectivity index (χ4n) is 2.49. The molecular formula is C19H14BrFO4. The van der Waals surface area contributed by atoms with Crippen molar-refractivity contribution in [1.82, 2.24) is 0 Å². The minimum atomic E-state index is -0.801. The zero-order valence-electron chi connectivity index (χ0n) is 13.3. The van der Waals surface area contributed by atoms with Crippen LogP contribution < -0.4 is 5.63 Å². The predicted molar refractivity (Wildman–Crippen MR) is 95.1 cm³/mol. The van der Waals surface area contributed by atoms with Crippen molar-refractivity contribution in [3.63, 3.8) is 0 Å². The molecule has 0 radical (unpaired) electrons. The number of fused-ring (bicyclic) bond motifs is 1. The lowest BCUT2D eigenvalue weighted by Crippen LogP contribution is -2.09. The van der Waals surface area contributed by atoms with Crippen LogP contribution in [0.3, 0.4) is 0 Å². The summed E-state index contributed by atoms with van der Waals surface area (Å²) in [4.78, 5) is 23.9. The van der Waals surface area contributed by atoms with Gasteiger partial charge in [-0.15, -0.1) is 0 Å². The number of halogens is 2. The van der Waals surface area contributed by atoms with E-state index in [-0.39, 0.29) is 12.2 Å². The predicted octanol–water partition coefficient (Wildman–Crippen LogP) is 4.61. The van der Waals surface area contributed by atoms with Gasteiger partial charge in [0, 0.05) is 21.5 Å². The van der Waals surface area contributed by atoms with Crippen LogP contribution in [0.2, 0.25) is 0 Å². The Morgan fingerprint density at radius 1 is 1.20 bits per heavy atom. The molecule has 2 aromatic carbocycles. The third-order valence-electron chi connectivity index (χ3n) is 3.81. The number of aryl methyl sites for hydroxylation is 1. The van der Waals surface area contributed by atoms with Crippen molar-refractivity contribution in [3.8, 4) is 0 Å². The normalized spacial score (nSPS) is 10.8. The minimum absolute atomic E-state index is 0.154. The van der Waals surface area contributed by atoms with Gasteiger partial charge in [-0.1, -0.05) is 35.0 Å². The van der Waals surface area contributed by atoms with Gasteiger partial charge in [-0.25, -0.2) is 14.0 Å². The summed E-state index contributed by atoms with van der Waals surface area (Å²) in [6.07, 6.45) is 0.807. The van der Waals surface area contributed by atoms with Gasteiger partial charge < -0.3 is 9.15 Å². The van der Waals surface area contributed by atoms with Crippen molar-refractivity contribution in [1.29, 1.82) is 0 Å². The van der Waals surface area contributed by atoms with Gasteiger partial charge in [0.25, 0.3) is 0 Å².